The van der Waals surface area contributed by atoms with Gasteiger partial charge in [0, 0.05) is 24.1 Å². The second-order valence-electron chi connectivity index (χ2n) is 5.48. The minimum absolute atomic E-state index is 0.00788. The lowest BCUT2D eigenvalue weighted by Crippen LogP contribution is -2.32. The maximum absolute atomic E-state index is 12.2. The summed E-state index contributed by atoms with van der Waals surface area (Å²) in [7, 11) is 1.94. The van der Waals surface area contributed by atoms with Crippen LogP contribution in [-0.2, 0) is 11.2 Å². The van der Waals surface area contributed by atoms with E-state index in [4.69, 9.17) is 0 Å². The number of rotatable bonds is 6. The Balaban J connectivity index is 1.93. The zero-order valence-corrected chi connectivity index (χ0v) is 13.4. The number of pyridine rings is 1. The van der Waals surface area contributed by atoms with Crippen molar-refractivity contribution in [3.8, 4) is 0 Å². The van der Waals surface area contributed by atoms with Gasteiger partial charge in [0.15, 0.2) is 0 Å². The van der Waals surface area contributed by atoms with Crippen LogP contribution in [0.5, 0.6) is 0 Å². The number of anilines is 1. The standard InChI is InChI=1S/C18H23N3O/c1-4-15-7-5-9-17(11-15)20-18(22)13-21(3)14(2)16-8-6-10-19-12-16/h5-12,14H,4,13H2,1-3H3,(H,20,22). The lowest BCUT2D eigenvalue weighted by atomic mass is 10.1. The fraction of sp³-hybridized carbons (Fsp3) is 0.333. The molecule has 1 aromatic carbocycles. The number of amides is 1. The van der Waals surface area contributed by atoms with Crippen molar-refractivity contribution in [2.75, 3.05) is 18.9 Å². The zero-order valence-electron chi connectivity index (χ0n) is 13.4. The van der Waals surface area contributed by atoms with Crippen molar-refractivity contribution in [3.05, 3.63) is 59.9 Å². The molecule has 1 amide bonds. The summed E-state index contributed by atoms with van der Waals surface area (Å²) < 4.78 is 0. The maximum atomic E-state index is 12.2. The number of carbonyl (C=O) groups excluding carboxylic acids is 1. The molecule has 0 aliphatic carbocycles. The molecule has 1 heterocycles. The molecule has 0 fully saturated rings. The first-order valence-electron chi connectivity index (χ1n) is 7.59. The van der Waals surface area contributed by atoms with Gasteiger partial charge in [0.05, 0.1) is 6.54 Å². The molecule has 0 saturated carbocycles. The molecule has 1 atom stereocenters. The van der Waals surface area contributed by atoms with E-state index in [-0.39, 0.29) is 11.9 Å². The van der Waals surface area contributed by atoms with E-state index in [9.17, 15) is 4.79 Å². The summed E-state index contributed by atoms with van der Waals surface area (Å²) in [6, 6.07) is 12.0. The average Bonchev–Trinajstić information content (AvgIpc) is 2.55. The van der Waals surface area contributed by atoms with E-state index in [0.29, 0.717) is 6.54 Å². The number of nitrogens with one attached hydrogen (secondary N) is 1. The van der Waals surface area contributed by atoms with Gasteiger partial charge in [-0.2, -0.15) is 0 Å². The second-order valence-corrected chi connectivity index (χ2v) is 5.48. The predicted molar refractivity (Wildman–Crippen MR) is 89.7 cm³/mol. The highest BCUT2D eigenvalue weighted by Gasteiger charge is 2.15. The van der Waals surface area contributed by atoms with Gasteiger partial charge < -0.3 is 5.32 Å². The minimum Gasteiger partial charge on any atom is -0.325 e. The van der Waals surface area contributed by atoms with Gasteiger partial charge in [-0.05, 0) is 49.7 Å². The third-order valence-corrected chi connectivity index (χ3v) is 3.84. The molecule has 0 spiro atoms. The first kappa shape index (κ1) is 16.2. The normalized spacial score (nSPS) is 12.2. The topological polar surface area (TPSA) is 45.2 Å². The summed E-state index contributed by atoms with van der Waals surface area (Å²) in [5.41, 5.74) is 3.17. The van der Waals surface area contributed by atoms with Crippen LogP contribution in [-0.4, -0.2) is 29.4 Å². The van der Waals surface area contributed by atoms with Crippen LogP contribution in [0.15, 0.2) is 48.8 Å². The van der Waals surface area contributed by atoms with Crippen LogP contribution >= 0.6 is 0 Å². The Hall–Kier alpha value is -2.20. The maximum Gasteiger partial charge on any atom is 0.238 e. The number of likely N-dealkylation sites (N-methyl/N-ethyl adjacent to an activating group) is 1. The first-order valence-corrected chi connectivity index (χ1v) is 7.59. The molecule has 22 heavy (non-hydrogen) atoms. The Morgan fingerprint density at radius 3 is 2.82 bits per heavy atom. The Bertz CT molecular complexity index is 613. The second kappa shape index (κ2) is 7.71. The molecule has 1 unspecified atom stereocenters. The third kappa shape index (κ3) is 4.40. The van der Waals surface area contributed by atoms with Crippen molar-refractivity contribution in [3.63, 3.8) is 0 Å². The summed E-state index contributed by atoms with van der Waals surface area (Å²) in [6.45, 7) is 4.51. The lowest BCUT2D eigenvalue weighted by Gasteiger charge is -2.24. The van der Waals surface area contributed by atoms with Crippen LogP contribution in [0.3, 0.4) is 0 Å². The van der Waals surface area contributed by atoms with E-state index < -0.39 is 0 Å². The van der Waals surface area contributed by atoms with Crippen molar-refractivity contribution < 1.29 is 4.79 Å². The monoisotopic (exact) mass is 297 g/mol. The Labute approximate surface area is 132 Å². The van der Waals surface area contributed by atoms with Gasteiger partial charge in [-0.25, -0.2) is 0 Å². The predicted octanol–water partition coefficient (Wildman–Crippen LogP) is 3.28. The van der Waals surface area contributed by atoms with Gasteiger partial charge in [-0.3, -0.25) is 14.7 Å². The Morgan fingerprint density at radius 2 is 2.14 bits per heavy atom. The van der Waals surface area contributed by atoms with E-state index in [1.54, 1.807) is 6.20 Å². The molecule has 2 rings (SSSR count). The molecule has 0 aliphatic rings. The Kier molecular flexibility index (Phi) is 5.67. The van der Waals surface area contributed by atoms with Gasteiger partial charge in [0.25, 0.3) is 0 Å². The van der Waals surface area contributed by atoms with Crippen molar-refractivity contribution >= 4 is 11.6 Å². The lowest BCUT2D eigenvalue weighted by molar-refractivity contribution is -0.117. The molecule has 1 aromatic heterocycles. The van der Waals surface area contributed by atoms with E-state index in [1.165, 1.54) is 5.56 Å². The molecule has 116 valence electrons. The number of benzene rings is 1. The van der Waals surface area contributed by atoms with Gasteiger partial charge >= 0.3 is 0 Å². The van der Waals surface area contributed by atoms with Crippen LogP contribution < -0.4 is 5.32 Å². The Morgan fingerprint density at radius 1 is 1.32 bits per heavy atom. The number of carbonyl (C=O) groups is 1. The van der Waals surface area contributed by atoms with Gasteiger partial charge in [0.1, 0.15) is 0 Å². The number of hydrogen-bond donors (Lipinski definition) is 1. The molecular formula is C18H23N3O. The largest absolute Gasteiger partial charge is 0.325 e. The molecule has 0 saturated heterocycles. The highest BCUT2D eigenvalue weighted by Crippen LogP contribution is 2.17. The van der Waals surface area contributed by atoms with E-state index in [0.717, 1.165) is 17.7 Å². The molecule has 1 N–H and O–H groups in total. The SMILES string of the molecule is CCc1cccc(NC(=O)CN(C)C(C)c2cccnc2)c1. The molecule has 0 aliphatic heterocycles. The van der Waals surface area contributed by atoms with Crippen LogP contribution in [0, 0.1) is 0 Å². The third-order valence-electron chi connectivity index (χ3n) is 3.84. The van der Waals surface area contributed by atoms with Crippen LogP contribution in [0.25, 0.3) is 0 Å². The van der Waals surface area contributed by atoms with Gasteiger partial charge in [0.2, 0.25) is 5.91 Å². The number of aryl methyl sites for hydroxylation is 1. The van der Waals surface area contributed by atoms with Crippen LogP contribution in [0.4, 0.5) is 5.69 Å². The van der Waals surface area contributed by atoms with Crippen molar-refractivity contribution in [2.24, 2.45) is 0 Å². The minimum atomic E-state index is -0.00788. The van der Waals surface area contributed by atoms with Gasteiger partial charge in [-0.15, -0.1) is 0 Å². The van der Waals surface area contributed by atoms with Crippen molar-refractivity contribution in [1.29, 1.82) is 0 Å². The fourth-order valence-corrected chi connectivity index (χ4v) is 2.31. The van der Waals surface area contributed by atoms with E-state index >= 15 is 0 Å². The summed E-state index contributed by atoms with van der Waals surface area (Å²) >= 11 is 0. The molecule has 4 nitrogen and oxygen atoms in total. The molecule has 4 heteroatoms. The zero-order chi connectivity index (χ0) is 15.9. The number of aromatic nitrogens is 1. The molecule has 0 bridgehead atoms. The summed E-state index contributed by atoms with van der Waals surface area (Å²) in [5.74, 6) is -0.00788. The quantitative estimate of drug-likeness (QED) is 0.890. The van der Waals surface area contributed by atoms with E-state index in [1.807, 2.05) is 48.5 Å². The van der Waals surface area contributed by atoms with E-state index in [2.05, 4.69) is 30.2 Å². The summed E-state index contributed by atoms with van der Waals surface area (Å²) in [6.07, 6.45) is 4.55. The molecular weight excluding hydrogens is 274 g/mol. The smallest absolute Gasteiger partial charge is 0.238 e. The number of nitrogens with zero attached hydrogens (tertiary/aromatic N) is 2. The highest BCUT2D eigenvalue weighted by atomic mass is 16.2. The van der Waals surface area contributed by atoms with Crippen LogP contribution in [0.2, 0.25) is 0 Å². The number of hydrogen-bond acceptors (Lipinski definition) is 3. The summed E-state index contributed by atoms with van der Waals surface area (Å²) in [4.78, 5) is 18.3. The molecule has 2 aromatic rings. The fourth-order valence-electron chi connectivity index (χ4n) is 2.31. The van der Waals surface area contributed by atoms with Crippen molar-refractivity contribution in [2.45, 2.75) is 26.3 Å². The first-order chi connectivity index (χ1) is 10.6. The highest BCUT2D eigenvalue weighted by molar-refractivity contribution is 5.92. The summed E-state index contributed by atoms with van der Waals surface area (Å²) in [5, 5.41) is 2.96. The van der Waals surface area contributed by atoms with Crippen LogP contribution in [0.1, 0.15) is 31.0 Å². The van der Waals surface area contributed by atoms with Gasteiger partial charge in [-0.1, -0.05) is 25.1 Å². The van der Waals surface area contributed by atoms with Crippen molar-refractivity contribution in [1.82, 2.24) is 9.88 Å². The molecule has 0 radical (unpaired) electrons. The average molecular weight is 297 g/mol.